The maximum Gasteiger partial charge on any atom is 0.303 e. The van der Waals surface area contributed by atoms with Crippen molar-refractivity contribution in [1.29, 1.82) is 0 Å². The summed E-state index contributed by atoms with van der Waals surface area (Å²) in [6.45, 7) is 13.6. The smallest absolute Gasteiger partial charge is 0.303 e. The van der Waals surface area contributed by atoms with Crippen LogP contribution in [0.15, 0.2) is 18.4 Å². The van der Waals surface area contributed by atoms with E-state index in [0.717, 1.165) is 50.7 Å². The number of amides is 2. The Hall–Kier alpha value is -3.73. The Morgan fingerprint density at radius 3 is 2.09 bits per heavy atom. The molecule has 2 aliphatic heterocycles. The molecule has 2 aromatic rings. The molecule has 0 saturated carbocycles. The van der Waals surface area contributed by atoms with Crippen LogP contribution in [0.25, 0.3) is 6.08 Å². The van der Waals surface area contributed by atoms with Gasteiger partial charge in [0.1, 0.15) is 0 Å². The van der Waals surface area contributed by atoms with Crippen LogP contribution in [-0.2, 0) is 44.9 Å². The quantitative estimate of drug-likeness (QED) is 0.131. The van der Waals surface area contributed by atoms with Gasteiger partial charge in [0, 0.05) is 77.3 Å². The van der Waals surface area contributed by atoms with Crippen molar-refractivity contribution in [1.82, 2.24) is 20.6 Å². The Bertz CT molecular complexity index is 1500. The van der Waals surface area contributed by atoms with Gasteiger partial charge in [-0.25, -0.2) is 0 Å². The summed E-state index contributed by atoms with van der Waals surface area (Å²) in [5.74, 6) is -2.40. The fourth-order valence-electron chi connectivity index (χ4n) is 6.86. The lowest BCUT2D eigenvalue weighted by Gasteiger charge is -2.17. The first kappa shape index (κ1) is 33.2. The number of carbonyl (C=O) groups excluding carboxylic acids is 2. The molecule has 11 heteroatoms. The minimum Gasteiger partial charge on any atom is -0.481 e. The molecule has 0 unspecified atom stereocenters. The number of aromatic amines is 2. The highest BCUT2D eigenvalue weighted by atomic mass is 32.1. The monoisotopic (exact) mass is 624 g/mol. The molecule has 6 N–H and O–H groups in total. The van der Waals surface area contributed by atoms with Gasteiger partial charge in [-0.2, -0.15) is 12.6 Å². The molecular weight excluding hydrogens is 580 g/mol. The van der Waals surface area contributed by atoms with Crippen molar-refractivity contribution < 1.29 is 29.4 Å². The second-order valence-corrected chi connectivity index (χ2v) is 13.2. The summed E-state index contributed by atoms with van der Waals surface area (Å²) in [6.07, 6.45) is 5.16. The van der Waals surface area contributed by atoms with E-state index in [1.54, 1.807) is 6.08 Å². The van der Waals surface area contributed by atoms with E-state index in [9.17, 15) is 29.4 Å². The second-order valence-electron chi connectivity index (χ2n) is 12.4. The van der Waals surface area contributed by atoms with E-state index in [1.165, 1.54) is 0 Å². The van der Waals surface area contributed by atoms with Gasteiger partial charge in [-0.3, -0.25) is 19.2 Å². The summed E-state index contributed by atoms with van der Waals surface area (Å²) < 4.78 is 0. The average molecular weight is 625 g/mol. The molecule has 44 heavy (non-hydrogen) atoms. The van der Waals surface area contributed by atoms with Gasteiger partial charge in [0.2, 0.25) is 11.8 Å². The standard InChI is InChI=1S/C33H44N4O6S/c1-7-20-15(2)25(36-33(20)43)12-23-16(3)21(8-10-29(38)39)26(34-23)14-27-22(9-11-30(40)41)17(4)24(35-27)13-28-31(19(6)44)18(5)32(42)37-28/h7,13,15,18-20,25,31,34-35,44H,1,8-12,14H2,2-6H3,(H,36,43)(H,37,42)(H,38,39)(H,40,41)/b28-13+/t15-,18+,19+,20-,25+,31-/m0/s1. The van der Waals surface area contributed by atoms with E-state index in [4.69, 9.17) is 0 Å². The predicted octanol–water partition coefficient (Wildman–Crippen LogP) is 4.11. The number of carboxylic acids is 2. The zero-order valence-corrected chi connectivity index (χ0v) is 26.9. The number of allylic oxidation sites excluding steroid dienone is 1. The van der Waals surface area contributed by atoms with Gasteiger partial charge in [-0.1, -0.05) is 26.8 Å². The van der Waals surface area contributed by atoms with E-state index in [1.807, 2.05) is 40.7 Å². The van der Waals surface area contributed by atoms with E-state index < -0.39 is 11.9 Å². The number of aliphatic carboxylic acids is 2. The summed E-state index contributed by atoms with van der Waals surface area (Å²) in [7, 11) is 0. The third-order valence-electron chi connectivity index (χ3n) is 9.52. The fourth-order valence-corrected chi connectivity index (χ4v) is 7.28. The molecule has 4 rings (SSSR count). The van der Waals surface area contributed by atoms with Crippen LogP contribution in [0.4, 0.5) is 0 Å². The number of nitrogens with one attached hydrogen (secondary N) is 4. The molecule has 2 saturated heterocycles. The van der Waals surface area contributed by atoms with Gasteiger partial charge in [0.05, 0.1) is 5.92 Å². The number of thiol groups is 1. The van der Waals surface area contributed by atoms with E-state index in [-0.39, 0.29) is 59.6 Å². The number of H-pyrrole nitrogens is 2. The van der Waals surface area contributed by atoms with Gasteiger partial charge < -0.3 is 30.8 Å². The Balaban J connectivity index is 1.74. The maximum atomic E-state index is 12.5. The number of carboxylic acid groups (broad SMARTS) is 2. The van der Waals surface area contributed by atoms with Crippen molar-refractivity contribution in [3.63, 3.8) is 0 Å². The Morgan fingerprint density at radius 2 is 1.55 bits per heavy atom. The Kier molecular flexibility index (Phi) is 10.2. The Morgan fingerprint density at radius 1 is 0.955 bits per heavy atom. The zero-order valence-electron chi connectivity index (χ0n) is 26.0. The number of carbonyl (C=O) groups is 4. The fraction of sp³-hybridized carbons (Fsp3) is 0.515. The first-order valence-electron chi connectivity index (χ1n) is 15.2. The highest BCUT2D eigenvalue weighted by Crippen LogP contribution is 2.35. The topological polar surface area (TPSA) is 164 Å². The number of aromatic nitrogens is 2. The van der Waals surface area contributed by atoms with Crippen LogP contribution >= 0.6 is 12.6 Å². The van der Waals surface area contributed by atoms with Crippen molar-refractivity contribution in [2.24, 2.45) is 23.7 Å². The van der Waals surface area contributed by atoms with Crippen molar-refractivity contribution in [3.05, 3.63) is 63.4 Å². The number of hydrogen-bond donors (Lipinski definition) is 7. The lowest BCUT2D eigenvalue weighted by molar-refractivity contribution is -0.138. The van der Waals surface area contributed by atoms with Gasteiger partial charge in [-0.15, -0.1) is 6.58 Å². The van der Waals surface area contributed by atoms with E-state index >= 15 is 0 Å². The normalized spacial score (nSPS) is 24.9. The summed E-state index contributed by atoms with van der Waals surface area (Å²) in [6, 6.07) is -0.0914. The number of hydrogen-bond acceptors (Lipinski definition) is 5. The van der Waals surface area contributed by atoms with Crippen molar-refractivity contribution in [2.45, 2.75) is 84.4 Å². The molecule has 0 bridgehead atoms. The molecule has 4 heterocycles. The zero-order chi connectivity index (χ0) is 32.5. The minimum atomic E-state index is -0.900. The third-order valence-corrected chi connectivity index (χ3v) is 9.84. The van der Waals surface area contributed by atoms with Gasteiger partial charge >= 0.3 is 11.9 Å². The highest BCUT2D eigenvalue weighted by Gasteiger charge is 2.39. The summed E-state index contributed by atoms with van der Waals surface area (Å²) in [5.41, 5.74) is 7.87. The third kappa shape index (κ3) is 6.82. The summed E-state index contributed by atoms with van der Waals surface area (Å²) in [5, 5.41) is 25.0. The molecular formula is C33H44N4O6S. The van der Waals surface area contributed by atoms with Crippen LogP contribution in [-0.4, -0.2) is 55.2 Å². The van der Waals surface area contributed by atoms with Gasteiger partial charge in [0.15, 0.2) is 0 Å². The first-order valence-corrected chi connectivity index (χ1v) is 15.7. The molecule has 0 radical (unpaired) electrons. The van der Waals surface area contributed by atoms with Crippen molar-refractivity contribution >= 4 is 42.5 Å². The largest absolute Gasteiger partial charge is 0.481 e. The van der Waals surface area contributed by atoms with E-state index in [0.29, 0.717) is 25.7 Å². The van der Waals surface area contributed by atoms with Crippen LogP contribution in [0, 0.1) is 37.5 Å². The SMILES string of the molecule is C=C[C@@H]1C(=O)N[C@H](Cc2[nH]c(Cc3[nH]c(/C=C4/NC(=O)[C@H](C)[C@H]4[C@@H](C)S)c(C)c3CCC(=O)O)c(CCC(=O)O)c2C)[C@H]1C. The molecule has 238 valence electrons. The lowest BCUT2D eigenvalue weighted by atomic mass is 9.89. The molecule has 0 spiro atoms. The molecule has 10 nitrogen and oxygen atoms in total. The number of rotatable bonds is 13. The lowest BCUT2D eigenvalue weighted by Crippen LogP contribution is -2.30. The molecule has 2 aliphatic rings. The van der Waals surface area contributed by atoms with Gasteiger partial charge in [-0.05, 0) is 60.9 Å². The molecule has 2 fully saturated rings. The first-order chi connectivity index (χ1) is 20.7. The van der Waals surface area contributed by atoms with Crippen LogP contribution in [0.1, 0.15) is 78.6 Å². The second kappa shape index (κ2) is 13.5. The highest BCUT2D eigenvalue weighted by molar-refractivity contribution is 7.80. The molecule has 0 aliphatic carbocycles. The Labute approximate surface area is 263 Å². The van der Waals surface area contributed by atoms with Crippen molar-refractivity contribution in [3.8, 4) is 0 Å². The minimum absolute atomic E-state index is 0.0333. The van der Waals surface area contributed by atoms with Crippen LogP contribution in [0.5, 0.6) is 0 Å². The van der Waals surface area contributed by atoms with Gasteiger partial charge in [0.25, 0.3) is 0 Å². The van der Waals surface area contributed by atoms with Crippen LogP contribution in [0.2, 0.25) is 0 Å². The summed E-state index contributed by atoms with van der Waals surface area (Å²) >= 11 is 4.63. The predicted molar refractivity (Wildman–Crippen MR) is 171 cm³/mol. The van der Waals surface area contributed by atoms with Crippen molar-refractivity contribution in [2.75, 3.05) is 0 Å². The van der Waals surface area contributed by atoms with Crippen LogP contribution in [0.3, 0.4) is 0 Å². The maximum absolute atomic E-state index is 12.5. The summed E-state index contributed by atoms with van der Waals surface area (Å²) in [4.78, 5) is 55.1. The average Bonchev–Trinajstić information content (AvgIpc) is 3.59. The molecule has 6 atom stereocenters. The van der Waals surface area contributed by atoms with Crippen LogP contribution < -0.4 is 10.6 Å². The van der Waals surface area contributed by atoms with E-state index in [2.05, 4.69) is 39.8 Å². The molecule has 2 aromatic heterocycles. The molecule has 0 aromatic carbocycles. The molecule has 2 amide bonds.